The van der Waals surface area contributed by atoms with E-state index in [-0.39, 0.29) is 0 Å². The second-order valence-corrected chi connectivity index (χ2v) is 6.94. The topological polar surface area (TPSA) is 12.0 Å². The predicted octanol–water partition coefficient (Wildman–Crippen LogP) is 6.93. The van der Waals surface area contributed by atoms with Crippen LogP contribution >= 0.6 is 11.9 Å². The number of hydrogen-bond acceptors (Lipinski definition) is 2. The van der Waals surface area contributed by atoms with Gasteiger partial charge in [0.25, 0.3) is 0 Å². The van der Waals surface area contributed by atoms with Crippen LogP contribution in [0.5, 0.6) is 0 Å². The summed E-state index contributed by atoms with van der Waals surface area (Å²) in [5.74, 6) is 0. The maximum absolute atomic E-state index is 3.46. The molecule has 0 heterocycles. The number of fused-ring (bicyclic) bond motifs is 1. The van der Waals surface area contributed by atoms with Crippen molar-refractivity contribution < 1.29 is 0 Å². The molecule has 0 aliphatic carbocycles. The Kier molecular flexibility index (Phi) is 4.45. The zero-order valence-corrected chi connectivity index (χ0v) is 14.9. The molecule has 4 aromatic carbocycles. The van der Waals surface area contributed by atoms with Gasteiger partial charge in [-0.05, 0) is 59.0 Å². The molecule has 0 aliphatic rings. The summed E-state index contributed by atoms with van der Waals surface area (Å²) in [6.45, 7) is 2.15. The summed E-state index contributed by atoms with van der Waals surface area (Å²) in [7, 11) is 0. The van der Waals surface area contributed by atoms with Crippen LogP contribution in [-0.2, 0) is 0 Å². The maximum atomic E-state index is 3.46. The molecule has 1 N–H and O–H groups in total. The van der Waals surface area contributed by atoms with Gasteiger partial charge in [0.2, 0.25) is 0 Å². The zero-order chi connectivity index (χ0) is 17.1. The molecule has 0 unspecified atom stereocenters. The van der Waals surface area contributed by atoms with Crippen LogP contribution in [-0.4, -0.2) is 0 Å². The first-order valence-electron chi connectivity index (χ1n) is 8.38. The van der Waals surface area contributed by atoms with Crippen LogP contribution in [0, 0.1) is 6.92 Å². The van der Waals surface area contributed by atoms with Gasteiger partial charge in [-0.1, -0.05) is 78.4 Å². The van der Waals surface area contributed by atoms with Crippen molar-refractivity contribution in [2.24, 2.45) is 0 Å². The molecular weight excluding hydrogens is 322 g/mol. The molecule has 2 heteroatoms. The first-order valence-corrected chi connectivity index (χ1v) is 9.19. The van der Waals surface area contributed by atoms with E-state index in [0.29, 0.717) is 0 Å². The third-order valence-corrected chi connectivity index (χ3v) is 5.18. The van der Waals surface area contributed by atoms with Gasteiger partial charge in [0.05, 0.1) is 0 Å². The molecule has 1 nitrogen and oxygen atoms in total. The lowest BCUT2D eigenvalue weighted by atomic mass is 9.97. The molecule has 0 spiro atoms. The van der Waals surface area contributed by atoms with Crippen molar-refractivity contribution in [3.8, 4) is 11.1 Å². The zero-order valence-electron chi connectivity index (χ0n) is 14.1. The van der Waals surface area contributed by atoms with Crippen molar-refractivity contribution >= 4 is 28.4 Å². The minimum Gasteiger partial charge on any atom is -0.326 e. The molecular formula is C23H19NS. The van der Waals surface area contributed by atoms with Crippen LogP contribution in [0.2, 0.25) is 0 Å². The van der Waals surface area contributed by atoms with E-state index in [0.717, 1.165) is 5.69 Å². The van der Waals surface area contributed by atoms with Crippen LogP contribution in [0.3, 0.4) is 0 Å². The Bertz CT molecular complexity index is 1000. The molecule has 0 amide bonds. The molecule has 0 fully saturated rings. The summed E-state index contributed by atoms with van der Waals surface area (Å²) in [5.41, 5.74) is 4.92. The molecule has 0 saturated heterocycles. The monoisotopic (exact) mass is 341 g/mol. The Labute approximate surface area is 152 Å². The standard InChI is InChI=1S/C23H19NS/c1-17-14-15-23(25-24-19-10-3-2-4-11-19)22(16-17)21-13-7-9-18-8-5-6-12-20(18)21/h2-16,24H,1H3. The van der Waals surface area contributed by atoms with E-state index in [1.807, 2.05) is 18.2 Å². The normalized spacial score (nSPS) is 10.8. The van der Waals surface area contributed by atoms with Gasteiger partial charge in [-0.3, -0.25) is 0 Å². The molecule has 0 aromatic heterocycles. The molecule has 25 heavy (non-hydrogen) atoms. The van der Waals surface area contributed by atoms with Crippen LogP contribution in [0.4, 0.5) is 5.69 Å². The highest BCUT2D eigenvalue weighted by atomic mass is 32.2. The van der Waals surface area contributed by atoms with Crippen molar-refractivity contribution in [2.45, 2.75) is 11.8 Å². The number of aryl methyl sites for hydroxylation is 1. The maximum Gasteiger partial charge on any atom is 0.0443 e. The first-order chi connectivity index (χ1) is 12.3. The second kappa shape index (κ2) is 7.04. The summed E-state index contributed by atoms with van der Waals surface area (Å²) in [5, 5.41) is 2.56. The predicted molar refractivity (Wildman–Crippen MR) is 110 cm³/mol. The molecule has 0 bridgehead atoms. The molecule has 122 valence electrons. The molecule has 4 rings (SSSR count). The van der Waals surface area contributed by atoms with E-state index in [1.165, 1.54) is 32.4 Å². The fourth-order valence-corrected chi connectivity index (χ4v) is 3.80. The van der Waals surface area contributed by atoms with Gasteiger partial charge in [-0.25, -0.2) is 0 Å². The number of anilines is 1. The lowest BCUT2D eigenvalue weighted by molar-refractivity contribution is 1.38. The highest BCUT2D eigenvalue weighted by Crippen LogP contribution is 2.36. The van der Waals surface area contributed by atoms with Gasteiger partial charge < -0.3 is 4.72 Å². The largest absolute Gasteiger partial charge is 0.326 e. The Morgan fingerprint density at radius 3 is 2.32 bits per heavy atom. The lowest BCUT2D eigenvalue weighted by Gasteiger charge is -2.14. The Hall–Kier alpha value is -2.71. The fourth-order valence-electron chi connectivity index (χ4n) is 3.02. The molecule has 0 saturated carbocycles. The van der Waals surface area contributed by atoms with Gasteiger partial charge in [0, 0.05) is 10.6 Å². The second-order valence-electron chi connectivity index (χ2n) is 6.10. The van der Waals surface area contributed by atoms with Crippen LogP contribution < -0.4 is 4.72 Å². The Balaban J connectivity index is 1.77. The summed E-state index contributed by atoms with van der Waals surface area (Å²) in [4.78, 5) is 1.23. The van der Waals surface area contributed by atoms with Gasteiger partial charge >= 0.3 is 0 Å². The van der Waals surface area contributed by atoms with Crippen molar-refractivity contribution in [3.63, 3.8) is 0 Å². The number of nitrogens with one attached hydrogen (secondary N) is 1. The average molecular weight is 341 g/mol. The SMILES string of the molecule is Cc1ccc(SNc2ccccc2)c(-c2cccc3ccccc23)c1. The van der Waals surface area contributed by atoms with Crippen molar-refractivity contribution in [1.29, 1.82) is 0 Å². The Morgan fingerprint density at radius 2 is 1.44 bits per heavy atom. The molecule has 4 aromatic rings. The third-order valence-electron chi connectivity index (χ3n) is 4.27. The van der Waals surface area contributed by atoms with Crippen molar-refractivity contribution in [3.05, 3.63) is 96.6 Å². The van der Waals surface area contributed by atoms with Crippen molar-refractivity contribution in [2.75, 3.05) is 4.72 Å². The van der Waals surface area contributed by atoms with Crippen LogP contribution in [0.15, 0.2) is 95.9 Å². The van der Waals surface area contributed by atoms with Crippen molar-refractivity contribution in [1.82, 2.24) is 0 Å². The summed E-state index contributed by atoms with van der Waals surface area (Å²) in [6, 6.07) is 32.0. The smallest absolute Gasteiger partial charge is 0.0443 e. The van der Waals surface area contributed by atoms with E-state index in [4.69, 9.17) is 0 Å². The van der Waals surface area contributed by atoms with Gasteiger partial charge in [-0.15, -0.1) is 0 Å². The third kappa shape index (κ3) is 3.40. The lowest BCUT2D eigenvalue weighted by Crippen LogP contribution is -1.91. The van der Waals surface area contributed by atoms with Gasteiger partial charge in [0.1, 0.15) is 0 Å². The molecule has 0 atom stereocenters. The highest BCUT2D eigenvalue weighted by Gasteiger charge is 2.10. The van der Waals surface area contributed by atoms with Gasteiger partial charge in [0.15, 0.2) is 0 Å². The van der Waals surface area contributed by atoms with E-state index in [9.17, 15) is 0 Å². The van der Waals surface area contributed by atoms with Crippen LogP contribution in [0.25, 0.3) is 21.9 Å². The first kappa shape index (κ1) is 15.8. The van der Waals surface area contributed by atoms with Crippen LogP contribution in [0.1, 0.15) is 5.56 Å². The summed E-state index contributed by atoms with van der Waals surface area (Å²) < 4.78 is 3.46. The quantitative estimate of drug-likeness (QED) is 0.404. The number of hydrogen-bond donors (Lipinski definition) is 1. The van der Waals surface area contributed by atoms with Gasteiger partial charge in [-0.2, -0.15) is 0 Å². The summed E-state index contributed by atoms with van der Waals surface area (Å²) in [6.07, 6.45) is 0. The molecule has 0 radical (unpaired) electrons. The van der Waals surface area contributed by atoms with E-state index >= 15 is 0 Å². The Morgan fingerprint density at radius 1 is 0.680 bits per heavy atom. The van der Waals surface area contributed by atoms with E-state index in [1.54, 1.807) is 11.9 Å². The van der Waals surface area contributed by atoms with E-state index < -0.39 is 0 Å². The molecule has 0 aliphatic heterocycles. The average Bonchev–Trinajstić information content (AvgIpc) is 2.67. The number of rotatable bonds is 4. The number of para-hydroxylation sites is 1. The number of benzene rings is 4. The summed E-state index contributed by atoms with van der Waals surface area (Å²) >= 11 is 1.66. The van der Waals surface area contributed by atoms with E-state index in [2.05, 4.69) is 84.4 Å². The minimum absolute atomic E-state index is 1.11. The highest BCUT2D eigenvalue weighted by molar-refractivity contribution is 8.00. The fraction of sp³-hybridized carbons (Fsp3) is 0.0435. The minimum atomic E-state index is 1.11.